The third-order valence-corrected chi connectivity index (χ3v) is 3.17. The maximum Gasteiger partial charge on any atom is 0.138 e. The minimum absolute atomic E-state index is 0.0719. The predicted molar refractivity (Wildman–Crippen MR) is 62.7 cm³/mol. The smallest absolute Gasteiger partial charge is 0.138 e. The number of ether oxygens (including phenoxy) is 1. The number of hydrogen-bond acceptors (Lipinski definition) is 5. The summed E-state index contributed by atoms with van der Waals surface area (Å²) in [4.78, 5) is 2.28. The fourth-order valence-electron chi connectivity index (χ4n) is 2.32. The summed E-state index contributed by atoms with van der Waals surface area (Å²) in [6.07, 6.45) is 0.0700. The first kappa shape index (κ1) is 12.5. The van der Waals surface area contributed by atoms with Crippen molar-refractivity contribution < 1.29 is 14.4 Å². The maximum absolute atomic E-state index is 9.18. The Labute approximate surface area is 101 Å². The molecule has 1 N–H and O–H groups in total. The van der Waals surface area contributed by atoms with Crippen molar-refractivity contribution in [1.29, 1.82) is 0 Å². The van der Waals surface area contributed by atoms with Crippen molar-refractivity contribution in [2.75, 3.05) is 19.7 Å². The van der Waals surface area contributed by atoms with Crippen LogP contribution >= 0.6 is 0 Å². The van der Waals surface area contributed by atoms with Gasteiger partial charge in [0.15, 0.2) is 0 Å². The van der Waals surface area contributed by atoms with Crippen LogP contribution in [-0.4, -0.2) is 47.1 Å². The summed E-state index contributed by atoms with van der Waals surface area (Å²) in [7, 11) is 0. The molecule has 2 atom stereocenters. The summed E-state index contributed by atoms with van der Waals surface area (Å²) in [6, 6.07) is 0. The molecule has 0 bridgehead atoms. The molecule has 2 heterocycles. The number of aliphatic hydroxyl groups excluding tert-OH is 1. The zero-order valence-electron chi connectivity index (χ0n) is 10.6. The molecule has 1 saturated heterocycles. The van der Waals surface area contributed by atoms with Crippen LogP contribution in [0, 0.1) is 13.8 Å². The SMILES string of the molecule is Cc1noc(C)c1CN1CC(C)OC(CO)C1. The largest absolute Gasteiger partial charge is 0.394 e. The lowest BCUT2D eigenvalue weighted by molar-refractivity contribution is -0.0973. The Morgan fingerprint density at radius 2 is 2.18 bits per heavy atom. The summed E-state index contributed by atoms with van der Waals surface area (Å²) >= 11 is 0. The van der Waals surface area contributed by atoms with E-state index < -0.39 is 0 Å². The third-order valence-electron chi connectivity index (χ3n) is 3.17. The van der Waals surface area contributed by atoms with Crippen molar-refractivity contribution in [2.45, 2.75) is 39.5 Å². The van der Waals surface area contributed by atoms with Gasteiger partial charge in [0.05, 0.1) is 24.5 Å². The molecule has 5 heteroatoms. The lowest BCUT2D eigenvalue weighted by Crippen LogP contribution is -2.47. The van der Waals surface area contributed by atoms with E-state index in [1.165, 1.54) is 0 Å². The summed E-state index contributed by atoms with van der Waals surface area (Å²) in [5, 5.41) is 13.1. The minimum Gasteiger partial charge on any atom is -0.394 e. The molecule has 1 aliphatic rings. The van der Waals surface area contributed by atoms with Gasteiger partial charge in [-0.05, 0) is 20.8 Å². The summed E-state index contributed by atoms with van der Waals surface area (Å²) in [6.45, 7) is 8.43. The standard InChI is InChI=1S/C12H20N2O3/c1-8-4-14(5-11(7-15)16-8)6-12-9(2)13-17-10(12)3/h8,11,15H,4-7H2,1-3H3. The maximum atomic E-state index is 9.18. The van der Waals surface area contributed by atoms with Crippen molar-refractivity contribution >= 4 is 0 Å². The molecule has 0 saturated carbocycles. The Hall–Kier alpha value is -0.910. The molecule has 0 spiro atoms. The number of hydrogen-bond donors (Lipinski definition) is 1. The monoisotopic (exact) mass is 240 g/mol. The molecule has 0 aliphatic carbocycles. The Balaban J connectivity index is 2.03. The Kier molecular flexibility index (Phi) is 3.81. The van der Waals surface area contributed by atoms with Crippen LogP contribution in [0.25, 0.3) is 0 Å². The van der Waals surface area contributed by atoms with Crippen LogP contribution < -0.4 is 0 Å². The second-order valence-electron chi connectivity index (χ2n) is 4.75. The number of morpholine rings is 1. The van der Waals surface area contributed by atoms with Gasteiger partial charge in [0.25, 0.3) is 0 Å². The number of aliphatic hydroxyl groups is 1. The van der Waals surface area contributed by atoms with Gasteiger partial charge in [-0.1, -0.05) is 5.16 Å². The lowest BCUT2D eigenvalue weighted by atomic mass is 10.1. The Bertz CT molecular complexity index is 358. The predicted octanol–water partition coefficient (Wildman–Crippen LogP) is 0.873. The normalized spacial score (nSPS) is 26.4. The van der Waals surface area contributed by atoms with Gasteiger partial charge in [0.1, 0.15) is 5.76 Å². The van der Waals surface area contributed by atoms with E-state index >= 15 is 0 Å². The minimum atomic E-state index is -0.0841. The van der Waals surface area contributed by atoms with E-state index in [0.29, 0.717) is 0 Å². The van der Waals surface area contributed by atoms with E-state index in [4.69, 9.17) is 9.26 Å². The average Bonchev–Trinajstić information content (AvgIpc) is 2.60. The number of nitrogens with zero attached hydrogens (tertiary/aromatic N) is 2. The van der Waals surface area contributed by atoms with E-state index in [-0.39, 0.29) is 18.8 Å². The summed E-state index contributed by atoms with van der Waals surface area (Å²) in [5.41, 5.74) is 2.10. The van der Waals surface area contributed by atoms with Gasteiger partial charge in [-0.15, -0.1) is 0 Å². The van der Waals surface area contributed by atoms with Crippen LogP contribution in [0.2, 0.25) is 0 Å². The van der Waals surface area contributed by atoms with E-state index in [9.17, 15) is 5.11 Å². The highest BCUT2D eigenvalue weighted by Gasteiger charge is 2.26. The van der Waals surface area contributed by atoms with Gasteiger partial charge < -0.3 is 14.4 Å². The van der Waals surface area contributed by atoms with Crippen LogP contribution in [0.4, 0.5) is 0 Å². The molecule has 2 unspecified atom stereocenters. The van der Waals surface area contributed by atoms with Crippen molar-refractivity contribution in [1.82, 2.24) is 10.1 Å². The van der Waals surface area contributed by atoms with Crippen LogP contribution in [0.15, 0.2) is 4.52 Å². The molecule has 96 valence electrons. The van der Waals surface area contributed by atoms with Crippen LogP contribution in [0.1, 0.15) is 23.9 Å². The van der Waals surface area contributed by atoms with Gasteiger partial charge in [0, 0.05) is 25.2 Å². The highest BCUT2D eigenvalue weighted by molar-refractivity contribution is 5.20. The van der Waals surface area contributed by atoms with Gasteiger partial charge in [-0.3, -0.25) is 4.90 Å². The molecule has 0 aromatic carbocycles. The quantitative estimate of drug-likeness (QED) is 0.849. The van der Waals surface area contributed by atoms with Gasteiger partial charge in [-0.2, -0.15) is 0 Å². The van der Waals surface area contributed by atoms with E-state index in [1.807, 2.05) is 20.8 Å². The molecular weight excluding hydrogens is 220 g/mol. The van der Waals surface area contributed by atoms with E-state index in [0.717, 1.165) is 36.7 Å². The van der Waals surface area contributed by atoms with Crippen LogP contribution in [-0.2, 0) is 11.3 Å². The fraction of sp³-hybridized carbons (Fsp3) is 0.750. The molecule has 2 rings (SSSR count). The highest BCUT2D eigenvalue weighted by atomic mass is 16.5. The average molecular weight is 240 g/mol. The molecule has 1 fully saturated rings. The Morgan fingerprint density at radius 1 is 1.41 bits per heavy atom. The summed E-state index contributed by atoms with van der Waals surface area (Å²) in [5.74, 6) is 0.877. The van der Waals surface area contributed by atoms with Gasteiger partial charge in [0.2, 0.25) is 0 Å². The zero-order valence-corrected chi connectivity index (χ0v) is 10.6. The van der Waals surface area contributed by atoms with Crippen LogP contribution in [0.5, 0.6) is 0 Å². The first-order valence-electron chi connectivity index (χ1n) is 6.00. The molecule has 5 nitrogen and oxygen atoms in total. The van der Waals surface area contributed by atoms with Gasteiger partial charge in [-0.25, -0.2) is 0 Å². The van der Waals surface area contributed by atoms with Crippen molar-refractivity contribution in [3.05, 3.63) is 17.0 Å². The van der Waals surface area contributed by atoms with E-state index in [2.05, 4.69) is 10.1 Å². The van der Waals surface area contributed by atoms with Crippen molar-refractivity contribution in [2.24, 2.45) is 0 Å². The Morgan fingerprint density at radius 3 is 2.76 bits per heavy atom. The second kappa shape index (κ2) is 5.16. The topological polar surface area (TPSA) is 58.7 Å². The second-order valence-corrected chi connectivity index (χ2v) is 4.75. The molecule has 17 heavy (non-hydrogen) atoms. The molecule has 1 aliphatic heterocycles. The number of aromatic nitrogens is 1. The first-order valence-corrected chi connectivity index (χ1v) is 6.00. The molecule has 1 aromatic rings. The number of rotatable bonds is 3. The van der Waals surface area contributed by atoms with Crippen LogP contribution in [0.3, 0.4) is 0 Å². The lowest BCUT2D eigenvalue weighted by Gasteiger charge is -2.35. The zero-order chi connectivity index (χ0) is 12.4. The van der Waals surface area contributed by atoms with Crippen molar-refractivity contribution in [3.8, 4) is 0 Å². The molecule has 0 radical (unpaired) electrons. The molecule has 1 aromatic heterocycles. The number of aryl methyl sites for hydroxylation is 2. The van der Waals surface area contributed by atoms with E-state index in [1.54, 1.807) is 0 Å². The first-order chi connectivity index (χ1) is 8.10. The molecular formula is C12H20N2O3. The third kappa shape index (κ3) is 2.86. The highest BCUT2D eigenvalue weighted by Crippen LogP contribution is 2.18. The molecule has 0 amide bonds. The summed E-state index contributed by atoms with van der Waals surface area (Å²) < 4.78 is 10.8. The fourth-order valence-corrected chi connectivity index (χ4v) is 2.32. The van der Waals surface area contributed by atoms with Crippen molar-refractivity contribution in [3.63, 3.8) is 0 Å². The van der Waals surface area contributed by atoms with Gasteiger partial charge >= 0.3 is 0 Å².